The third kappa shape index (κ3) is 4.93. The van der Waals surface area contributed by atoms with Gasteiger partial charge in [0.05, 0.1) is 0 Å². The Morgan fingerprint density at radius 2 is 0.591 bits per heavy atom. The summed E-state index contributed by atoms with van der Waals surface area (Å²) in [4.78, 5) is 0. The zero-order valence-electron chi connectivity index (χ0n) is 35.9. The minimum Gasteiger partial charge on any atom is -0.0622 e. The maximum atomic E-state index is 2.52. The molecule has 1 aliphatic carbocycles. The molecule has 0 fully saturated rings. The van der Waals surface area contributed by atoms with E-state index in [-0.39, 0.29) is 0 Å². The van der Waals surface area contributed by atoms with E-state index in [1.165, 1.54) is 153 Å². The Bertz CT molecular complexity index is 4270. The first kappa shape index (κ1) is 35.8. The molecule has 0 bridgehead atoms. The van der Waals surface area contributed by atoms with Crippen LogP contribution in [0.1, 0.15) is 0 Å². The topological polar surface area (TPSA) is 0 Å². The Kier molecular flexibility index (Phi) is 7.31. The number of fused-ring (bicyclic) bond motifs is 3. The van der Waals surface area contributed by atoms with Gasteiger partial charge in [-0.1, -0.05) is 218 Å². The third-order valence-corrected chi connectivity index (χ3v) is 14.9. The van der Waals surface area contributed by atoms with E-state index in [0.717, 1.165) is 0 Å². The summed E-state index contributed by atoms with van der Waals surface area (Å²) in [6.07, 6.45) is 0. The van der Waals surface area contributed by atoms with E-state index >= 15 is 0 Å². The molecule has 14 aromatic carbocycles. The van der Waals surface area contributed by atoms with Gasteiger partial charge in [0.15, 0.2) is 0 Å². The largest absolute Gasteiger partial charge is 0.0622 e. The Balaban J connectivity index is 1.15. The van der Waals surface area contributed by atoms with Gasteiger partial charge < -0.3 is 0 Å². The van der Waals surface area contributed by atoms with Crippen molar-refractivity contribution in [2.45, 2.75) is 0 Å². The van der Waals surface area contributed by atoms with E-state index in [4.69, 9.17) is 0 Å². The summed E-state index contributed by atoms with van der Waals surface area (Å²) in [6.45, 7) is 0. The standard InChI is InChI=1S/C66H38/c1-3-11-39(12-4-1)56-38-57(48-31-32-49-50-21-9-19-40-20-10-22-51(61(40)50)58(49)37-48)64(41-13-5-2-6-14-41)66(55-36-30-47-26-24-43-16-8-18-45-28-34-53(55)63(47)60(43)45)65(56)54-35-29-46-25-23-42-15-7-17-44-27-33-52(54)62(46)59(42)44/h1-38H. The SMILES string of the molecule is c1ccc(-c2cc(-c3ccc4c(c3)-c3cccc5cccc-4c35)c(-c3ccccc3)c(-c3ccc4ccc5cccc6ccc3c4c56)c2-c2ccc3ccc4cccc5ccc2c3c45)cc1. The van der Waals surface area contributed by atoms with Crippen molar-refractivity contribution in [3.05, 3.63) is 231 Å². The molecular weight excluding hydrogens is 793 g/mol. The Morgan fingerprint density at radius 3 is 1.17 bits per heavy atom. The first-order valence-electron chi connectivity index (χ1n) is 23.1. The van der Waals surface area contributed by atoms with E-state index in [1.54, 1.807) is 0 Å². The fourth-order valence-corrected chi connectivity index (χ4v) is 12.1. The average Bonchev–Trinajstić information content (AvgIpc) is 3.71. The van der Waals surface area contributed by atoms with Crippen molar-refractivity contribution in [2.24, 2.45) is 0 Å². The van der Waals surface area contributed by atoms with Crippen LogP contribution < -0.4 is 0 Å². The Labute approximate surface area is 381 Å². The van der Waals surface area contributed by atoms with E-state index in [9.17, 15) is 0 Å². The number of hydrogen-bond acceptors (Lipinski definition) is 0. The molecule has 0 aliphatic heterocycles. The molecule has 15 rings (SSSR count). The van der Waals surface area contributed by atoms with Crippen LogP contribution in [0.2, 0.25) is 0 Å². The van der Waals surface area contributed by atoms with Gasteiger partial charge in [0.25, 0.3) is 0 Å². The zero-order chi connectivity index (χ0) is 43.0. The number of rotatable bonds is 5. The Hall–Kier alpha value is -8.58. The van der Waals surface area contributed by atoms with E-state index in [1.807, 2.05) is 0 Å². The van der Waals surface area contributed by atoms with Crippen molar-refractivity contribution in [3.63, 3.8) is 0 Å². The van der Waals surface area contributed by atoms with Crippen LogP contribution in [0.3, 0.4) is 0 Å². The first-order chi connectivity index (χ1) is 32.7. The summed E-state index contributed by atoms with van der Waals surface area (Å²) in [6, 6.07) is 87.2. The second kappa shape index (κ2) is 13.5. The molecule has 0 atom stereocenters. The Morgan fingerprint density at radius 1 is 0.167 bits per heavy atom. The minimum atomic E-state index is 1.19. The fraction of sp³-hybridized carbons (Fsp3) is 0. The highest BCUT2D eigenvalue weighted by Gasteiger charge is 2.29. The molecule has 0 spiro atoms. The lowest BCUT2D eigenvalue weighted by molar-refractivity contribution is 1.55. The molecule has 0 nitrogen and oxygen atoms in total. The third-order valence-electron chi connectivity index (χ3n) is 14.9. The summed E-state index contributed by atoms with van der Waals surface area (Å²) < 4.78 is 0. The summed E-state index contributed by atoms with van der Waals surface area (Å²) in [5, 5.41) is 18.1. The summed E-state index contributed by atoms with van der Waals surface area (Å²) in [5.74, 6) is 0. The lowest BCUT2D eigenvalue weighted by Crippen LogP contribution is -2.00. The van der Waals surface area contributed by atoms with Gasteiger partial charge in [0, 0.05) is 0 Å². The van der Waals surface area contributed by atoms with E-state index in [2.05, 4.69) is 231 Å². The molecule has 66 heavy (non-hydrogen) atoms. The van der Waals surface area contributed by atoms with Gasteiger partial charge in [-0.2, -0.15) is 0 Å². The zero-order valence-corrected chi connectivity index (χ0v) is 35.9. The quantitative estimate of drug-likeness (QED) is 0.152. The molecule has 0 radical (unpaired) electrons. The van der Waals surface area contributed by atoms with Crippen LogP contribution in [-0.2, 0) is 0 Å². The smallest absolute Gasteiger partial charge is 0.000785 e. The molecule has 1 aliphatic rings. The lowest BCUT2D eigenvalue weighted by atomic mass is 9.76. The average molecular weight is 831 g/mol. The lowest BCUT2D eigenvalue weighted by Gasteiger charge is -2.27. The van der Waals surface area contributed by atoms with Gasteiger partial charge in [0.1, 0.15) is 0 Å². The maximum absolute atomic E-state index is 2.52. The highest BCUT2D eigenvalue weighted by Crippen LogP contribution is 2.56. The normalized spacial score (nSPS) is 12.2. The van der Waals surface area contributed by atoms with E-state index < -0.39 is 0 Å². The molecule has 0 saturated carbocycles. The number of benzene rings is 14. The monoisotopic (exact) mass is 830 g/mol. The van der Waals surface area contributed by atoms with Gasteiger partial charge >= 0.3 is 0 Å². The number of hydrogen-bond donors (Lipinski definition) is 0. The van der Waals surface area contributed by atoms with Crippen molar-refractivity contribution in [1.82, 2.24) is 0 Å². The molecule has 0 unspecified atom stereocenters. The van der Waals surface area contributed by atoms with E-state index in [0.29, 0.717) is 0 Å². The van der Waals surface area contributed by atoms with Gasteiger partial charge in [-0.3, -0.25) is 0 Å². The summed E-state index contributed by atoms with van der Waals surface area (Å²) >= 11 is 0. The molecule has 0 heteroatoms. The van der Waals surface area contributed by atoms with Crippen LogP contribution in [0.5, 0.6) is 0 Å². The molecule has 0 saturated heterocycles. The van der Waals surface area contributed by atoms with Crippen molar-refractivity contribution in [3.8, 4) is 77.9 Å². The molecule has 0 amide bonds. The summed E-state index contributed by atoms with van der Waals surface area (Å²) in [7, 11) is 0. The molecule has 302 valence electrons. The van der Waals surface area contributed by atoms with Crippen LogP contribution in [0.25, 0.3) is 153 Å². The van der Waals surface area contributed by atoms with Gasteiger partial charge in [0.2, 0.25) is 0 Å². The molecular formula is C66H38. The van der Waals surface area contributed by atoms with Crippen molar-refractivity contribution < 1.29 is 0 Å². The van der Waals surface area contributed by atoms with Crippen LogP contribution in [0.4, 0.5) is 0 Å². The molecule has 0 aromatic heterocycles. The van der Waals surface area contributed by atoms with Gasteiger partial charge in [-0.15, -0.1) is 0 Å². The van der Waals surface area contributed by atoms with Crippen LogP contribution >= 0.6 is 0 Å². The van der Waals surface area contributed by atoms with Gasteiger partial charge in [-0.25, -0.2) is 0 Å². The molecule has 14 aromatic rings. The van der Waals surface area contributed by atoms with Crippen molar-refractivity contribution in [2.75, 3.05) is 0 Å². The first-order valence-corrected chi connectivity index (χ1v) is 23.1. The van der Waals surface area contributed by atoms with Gasteiger partial charge in [-0.05, 0) is 165 Å². The van der Waals surface area contributed by atoms with Crippen LogP contribution in [0.15, 0.2) is 231 Å². The highest BCUT2D eigenvalue weighted by molar-refractivity contribution is 6.30. The molecule has 0 N–H and O–H groups in total. The van der Waals surface area contributed by atoms with Crippen molar-refractivity contribution >= 4 is 75.4 Å². The predicted molar refractivity (Wildman–Crippen MR) is 283 cm³/mol. The summed E-state index contributed by atoms with van der Waals surface area (Å²) in [5.41, 5.74) is 17.4. The van der Waals surface area contributed by atoms with Crippen LogP contribution in [0, 0.1) is 0 Å². The van der Waals surface area contributed by atoms with Crippen LogP contribution in [-0.4, -0.2) is 0 Å². The maximum Gasteiger partial charge on any atom is -0.000785 e. The second-order valence-electron chi connectivity index (χ2n) is 18.2. The minimum absolute atomic E-state index is 1.19. The highest BCUT2D eigenvalue weighted by atomic mass is 14.3. The molecule has 0 heterocycles. The van der Waals surface area contributed by atoms with Crippen molar-refractivity contribution in [1.29, 1.82) is 0 Å². The predicted octanol–water partition coefficient (Wildman–Crippen LogP) is 18.6. The fourth-order valence-electron chi connectivity index (χ4n) is 12.1. The second-order valence-corrected chi connectivity index (χ2v) is 18.2.